The summed E-state index contributed by atoms with van der Waals surface area (Å²) in [4.78, 5) is 0. The van der Waals surface area contributed by atoms with Gasteiger partial charge >= 0.3 is 0 Å². The summed E-state index contributed by atoms with van der Waals surface area (Å²) in [7, 11) is 0. The Labute approximate surface area is 55.6 Å². The molecule has 1 aliphatic heterocycles. The molecule has 0 spiro atoms. The van der Waals surface area contributed by atoms with Crippen LogP contribution in [0.25, 0.3) is 0 Å². The smallest absolute Gasteiger partial charge is 0.0976 e. The predicted molar refractivity (Wildman–Crippen MR) is 36.2 cm³/mol. The van der Waals surface area contributed by atoms with Crippen molar-refractivity contribution < 1.29 is 4.39 Å². The van der Waals surface area contributed by atoms with Crippen LogP contribution >= 0.6 is 0 Å². The van der Waals surface area contributed by atoms with Crippen LogP contribution < -0.4 is 5.32 Å². The lowest BCUT2D eigenvalue weighted by Crippen LogP contribution is -2.11. The fourth-order valence-corrected chi connectivity index (χ4v) is 1.37. The van der Waals surface area contributed by atoms with Gasteiger partial charge < -0.3 is 5.32 Å². The minimum atomic E-state index is -0.616. The Kier molecular flexibility index (Phi) is 2.46. The van der Waals surface area contributed by atoms with E-state index < -0.39 is 6.17 Å². The van der Waals surface area contributed by atoms with Gasteiger partial charge in [0.2, 0.25) is 0 Å². The summed E-state index contributed by atoms with van der Waals surface area (Å²) in [6.07, 6.45) is 1.29. The molecule has 1 saturated heterocycles. The van der Waals surface area contributed by atoms with Gasteiger partial charge in [-0.15, -0.1) is 0 Å². The van der Waals surface area contributed by atoms with Gasteiger partial charge in [0.25, 0.3) is 0 Å². The highest BCUT2D eigenvalue weighted by atomic mass is 19.1. The quantitative estimate of drug-likeness (QED) is 0.596. The highest BCUT2D eigenvalue weighted by Gasteiger charge is 2.16. The van der Waals surface area contributed by atoms with Crippen LogP contribution in [-0.2, 0) is 0 Å². The zero-order chi connectivity index (χ0) is 6.69. The molecule has 0 aromatic rings. The second kappa shape index (κ2) is 3.16. The fraction of sp³-hybridized carbons (Fsp3) is 1.00. The molecule has 0 aromatic carbocycles. The molecule has 9 heavy (non-hydrogen) atoms. The Hall–Kier alpha value is -0.110. The van der Waals surface area contributed by atoms with Crippen LogP contribution in [0.2, 0.25) is 0 Å². The van der Waals surface area contributed by atoms with E-state index in [0.29, 0.717) is 5.92 Å². The van der Waals surface area contributed by atoms with Crippen molar-refractivity contribution in [3.63, 3.8) is 0 Å². The summed E-state index contributed by atoms with van der Waals surface area (Å²) in [5.41, 5.74) is 0. The largest absolute Gasteiger partial charge is 0.316 e. The highest BCUT2D eigenvalue weighted by Crippen LogP contribution is 2.15. The standard InChI is InChI=1S/C7H14FN/c1-6(8)4-7-2-3-9-5-7/h6-7,9H,2-5H2,1H3. The van der Waals surface area contributed by atoms with Crippen molar-refractivity contribution in [2.24, 2.45) is 5.92 Å². The van der Waals surface area contributed by atoms with Crippen molar-refractivity contribution in [1.82, 2.24) is 5.32 Å². The highest BCUT2D eigenvalue weighted by molar-refractivity contribution is 4.72. The third kappa shape index (κ3) is 2.31. The minimum Gasteiger partial charge on any atom is -0.316 e. The van der Waals surface area contributed by atoms with E-state index in [2.05, 4.69) is 5.32 Å². The SMILES string of the molecule is CC(F)CC1CCNC1. The lowest BCUT2D eigenvalue weighted by atomic mass is 10.0. The molecule has 1 N–H and O–H groups in total. The Morgan fingerprint density at radius 3 is 3.00 bits per heavy atom. The molecule has 0 aliphatic carbocycles. The van der Waals surface area contributed by atoms with Gasteiger partial charge in [-0.05, 0) is 38.8 Å². The third-order valence-electron chi connectivity index (χ3n) is 1.82. The summed E-state index contributed by atoms with van der Waals surface area (Å²) in [6, 6.07) is 0. The summed E-state index contributed by atoms with van der Waals surface area (Å²) >= 11 is 0. The second-order valence-electron chi connectivity index (χ2n) is 2.88. The van der Waals surface area contributed by atoms with E-state index in [4.69, 9.17) is 0 Å². The maximum absolute atomic E-state index is 12.3. The molecule has 0 bridgehead atoms. The van der Waals surface area contributed by atoms with E-state index in [1.165, 1.54) is 0 Å². The molecule has 1 rings (SSSR count). The van der Waals surface area contributed by atoms with Crippen molar-refractivity contribution in [1.29, 1.82) is 0 Å². The molecule has 1 fully saturated rings. The van der Waals surface area contributed by atoms with Crippen LogP contribution in [0.3, 0.4) is 0 Å². The fourth-order valence-electron chi connectivity index (χ4n) is 1.37. The number of hydrogen-bond acceptors (Lipinski definition) is 1. The molecule has 2 atom stereocenters. The molecule has 0 radical (unpaired) electrons. The van der Waals surface area contributed by atoms with Crippen LogP contribution in [0.1, 0.15) is 19.8 Å². The van der Waals surface area contributed by atoms with Crippen LogP contribution in [0.15, 0.2) is 0 Å². The molecular formula is C7H14FN. The van der Waals surface area contributed by atoms with Crippen molar-refractivity contribution in [3.05, 3.63) is 0 Å². The lowest BCUT2D eigenvalue weighted by Gasteiger charge is -2.07. The first-order chi connectivity index (χ1) is 4.29. The number of hydrogen-bond donors (Lipinski definition) is 1. The van der Waals surface area contributed by atoms with Crippen LogP contribution in [-0.4, -0.2) is 19.3 Å². The molecule has 1 heterocycles. The third-order valence-corrected chi connectivity index (χ3v) is 1.82. The second-order valence-corrected chi connectivity index (χ2v) is 2.88. The van der Waals surface area contributed by atoms with E-state index in [0.717, 1.165) is 25.9 Å². The first-order valence-electron chi connectivity index (χ1n) is 3.64. The zero-order valence-electron chi connectivity index (χ0n) is 5.86. The van der Waals surface area contributed by atoms with E-state index in [9.17, 15) is 4.39 Å². The summed E-state index contributed by atoms with van der Waals surface area (Å²) in [6.45, 7) is 3.74. The van der Waals surface area contributed by atoms with Gasteiger partial charge in [0, 0.05) is 0 Å². The van der Waals surface area contributed by atoms with E-state index in [1.807, 2.05) is 0 Å². The Balaban J connectivity index is 2.11. The number of rotatable bonds is 2. The van der Waals surface area contributed by atoms with E-state index >= 15 is 0 Å². The average molecular weight is 131 g/mol. The molecule has 2 heteroatoms. The van der Waals surface area contributed by atoms with Gasteiger partial charge in [-0.25, -0.2) is 4.39 Å². The van der Waals surface area contributed by atoms with Crippen molar-refractivity contribution in [2.45, 2.75) is 25.9 Å². The maximum atomic E-state index is 12.3. The van der Waals surface area contributed by atoms with Gasteiger partial charge in [-0.2, -0.15) is 0 Å². The molecule has 0 saturated carbocycles. The Bertz CT molecular complexity index is 77.0. The summed E-state index contributed by atoms with van der Waals surface area (Å²) in [5, 5.41) is 3.21. The summed E-state index contributed by atoms with van der Waals surface area (Å²) in [5.74, 6) is 0.602. The number of nitrogens with one attached hydrogen (secondary N) is 1. The summed E-state index contributed by atoms with van der Waals surface area (Å²) < 4.78 is 12.3. The Morgan fingerprint density at radius 2 is 2.56 bits per heavy atom. The maximum Gasteiger partial charge on any atom is 0.0976 e. The zero-order valence-corrected chi connectivity index (χ0v) is 5.86. The molecular weight excluding hydrogens is 117 g/mol. The average Bonchev–Trinajstić information content (AvgIpc) is 2.15. The van der Waals surface area contributed by atoms with Gasteiger partial charge in [-0.1, -0.05) is 0 Å². The molecule has 54 valence electrons. The topological polar surface area (TPSA) is 12.0 Å². The normalized spacial score (nSPS) is 30.7. The monoisotopic (exact) mass is 131 g/mol. The first-order valence-corrected chi connectivity index (χ1v) is 3.64. The van der Waals surface area contributed by atoms with E-state index in [-0.39, 0.29) is 0 Å². The van der Waals surface area contributed by atoms with Crippen molar-refractivity contribution in [3.8, 4) is 0 Å². The molecule has 1 nitrogen and oxygen atoms in total. The molecule has 2 unspecified atom stereocenters. The van der Waals surface area contributed by atoms with Crippen molar-refractivity contribution >= 4 is 0 Å². The van der Waals surface area contributed by atoms with Gasteiger partial charge in [-0.3, -0.25) is 0 Å². The van der Waals surface area contributed by atoms with Crippen LogP contribution in [0.5, 0.6) is 0 Å². The Morgan fingerprint density at radius 1 is 1.78 bits per heavy atom. The van der Waals surface area contributed by atoms with E-state index in [1.54, 1.807) is 6.92 Å². The van der Waals surface area contributed by atoms with Gasteiger partial charge in [0.05, 0.1) is 6.17 Å². The predicted octanol–water partition coefficient (Wildman–Crippen LogP) is 1.34. The van der Waals surface area contributed by atoms with Crippen LogP contribution in [0.4, 0.5) is 4.39 Å². The number of alkyl halides is 1. The van der Waals surface area contributed by atoms with Gasteiger partial charge in [0.15, 0.2) is 0 Å². The van der Waals surface area contributed by atoms with Crippen molar-refractivity contribution in [2.75, 3.05) is 13.1 Å². The minimum absolute atomic E-state index is 0.602. The van der Waals surface area contributed by atoms with Crippen LogP contribution in [0, 0.1) is 5.92 Å². The molecule has 1 aliphatic rings. The molecule has 0 amide bonds. The molecule has 0 aromatic heterocycles. The van der Waals surface area contributed by atoms with Gasteiger partial charge in [0.1, 0.15) is 0 Å². The lowest BCUT2D eigenvalue weighted by molar-refractivity contribution is 0.297. The first kappa shape index (κ1) is 7.00. The number of halogens is 1.